The molecule has 0 aliphatic carbocycles. The van der Waals surface area contributed by atoms with Gasteiger partial charge >= 0.3 is 0 Å². The van der Waals surface area contributed by atoms with E-state index in [4.69, 9.17) is 4.98 Å². The van der Waals surface area contributed by atoms with E-state index in [0.717, 1.165) is 45.3 Å². The van der Waals surface area contributed by atoms with Crippen LogP contribution in [0.4, 0.5) is 0 Å². The number of nitrogens with one attached hydrogen (secondary N) is 2. The number of benzene rings is 4. The second-order valence-corrected chi connectivity index (χ2v) is 8.87. The van der Waals surface area contributed by atoms with Crippen LogP contribution in [-0.2, 0) is 0 Å². The van der Waals surface area contributed by atoms with Crippen LogP contribution in [0.3, 0.4) is 0 Å². The maximum Gasteiger partial charge on any atom is 0.0928 e. The molecule has 0 fully saturated rings. The van der Waals surface area contributed by atoms with Gasteiger partial charge in [-0.1, -0.05) is 78.9 Å². The molecule has 4 aromatic carbocycles. The van der Waals surface area contributed by atoms with Crippen molar-refractivity contribution in [3.8, 4) is 45.3 Å². The highest BCUT2D eigenvalue weighted by Crippen LogP contribution is 2.29. The van der Waals surface area contributed by atoms with Crippen LogP contribution < -0.4 is 0 Å². The maximum atomic E-state index is 4.88. The minimum Gasteiger partial charge on any atom is -0.276 e. The molecule has 5 heteroatoms. The fourth-order valence-electron chi connectivity index (χ4n) is 4.63. The van der Waals surface area contributed by atoms with Crippen LogP contribution in [0.15, 0.2) is 115 Å². The highest BCUT2D eigenvalue weighted by molar-refractivity contribution is 5.88. The molecule has 3 heterocycles. The van der Waals surface area contributed by atoms with Crippen molar-refractivity contribution >= 4 is 21.5 Å². The van der Waals surface area contributed by atoms with Crippen LogP contribution >= 0.6 is 0 Å². The summed E-state index contributed by atoms with van der Waals surface area (Å²) in [4.78, 5) is 4.88. The van der Waals surface area contributed by atoms with Crippen molar-refractivity contribution in [2.75, 3.05) is 0 Å². The van der Waals surface area contributed by atoms with Crippen molar-refractivity contribution in [3.63, 3.8) is 0 Å². The van der Waals surface area contributed by atoms with E-state index >= 15 is 0 Å². The predicted molar refractivity (Wildman–Crippen MR) is 145 cm³/mol. The molecule has 0 bridgehead atoms. The Labute approximate surface area is 207 Å². The Kier molecular flexibility index (Phi) is 4.71. The molecule has 5 nitrogen and oxygen atoms in total. The number of aromatic nitrogens is 5. The lowest BCUT2D eigenvalue weighted by Crippen LogP contribution is -1.88. The number of fused-ring (bicyclic) bond motifs is 2. The number of hydrogen-bond donors (Lipinski definition) is 2. The first kappa shape index (κ1) is 20.4. The molecule has 0 radical (unpaired) electrons. The first-order valence-electron chi connectivity index (χ1n) is 11.9. The molecule has 0 saturated carbocycles. The summed E-state index contributed by atoms with van der Waals surface area (Å²) in [6.07, 6.45) is 0. The molecule has 7 rings (SSSR count). The van der Waals surface area contributed by atoms with E-state index in [1.54, 1.807) is 0 Å². The molecule has 3 aromatic heterocycles. The van der Waals surface area contributed by atoms with Crippen molar-refractivity contribution in [3.05, 3.63) is 115 Å². The van der Waals surface area contributed by atoms with Crippen LogP contribution in [0.1, 0.15) is 0 Å². The lowest BCUT2D eigenvalue weighted by atomic mass is 10.0. The van der Waals surface area contributed by atoms with E-state index in [-0.39, 0.29) is 0 Å². The Morgan fingerprint density at radius 1 is 0.389 bits per heavy atom. The van der Waals surface area contributed by atoms with Crippen LogP contribution in [-0.4, -0.2) is 25.4 Å². The summed E-state index contributed by atoms with van der Waals surface area (Å²) in [6, 6.07) is 39.5. The summed E-state index contributed by atoms with van der Waals surface area (Å²) in [5.74, 6) is 0. The average molecular weight is 464 g/mol. The smallest absolute Gasteiger partial charge is 0.0928 e. The fourth-order valence-corrected chi connectivity index (χ4v) is 4.63. The van der Waals surface area contributed by atoms with Gasteiger partial charge in [-0.15, -0.1) is 0 Å². The topological polar surface area (TPSA) is 70.2 Å². The Morgan fingerprint density at radius 3 is 1.36 bits per heavy atom. The van der Waals surface area contributed by atoms with E-state index < -0.39 is 0 Å². The number of pyridine rings is 1. The predicted octanol–water partition coefficient (Wildman–Crippen LogP) is 7.50. The number of hydrogen-bond acceptors (Lipinski definition) is 3. The second-order valence-electron chi connectivity index (χ2n) is 8.87. The van der Waals surface area contributed by atoms with Crippen LogP contribution in [0.5, 0.6) is 0 Å². The molecule has 2 N–H and O–H groups in total. The largest absolute Gasteiger partial charge is 0.276 e. The third-order valence-electron chi connectivity index (χ3n) is 6.55. The normalized spacial score (nSPS) is 11.3. The fraction of sp³-hybridized carbons (Fsp3) is 0. The second kappa shape index (κ2) is 8.32. The molecule has 0 saturated heterocycles. The van der Waals surface area contributed by atoms with Gasteiger partial charge in [0.25, 0.3) is 0 Å². The summed E-state index contributed by atoms with van der Waals surface area (Å²) in [5.41, 5.74) is 7.32. The lowest BCUT2D eigenvalue weighted by molar-refractivity contribution is 1.08. The van der Waals surface area contributed by atoms with E-state index in [2.05, 4.69) is 105 Å². The van der Waals surface area contributed by atoms with Crippen molar-refractivity contribution in [2.24, 2.45) is 0 Å². The van der Waals surface area contributed by atoms with Crippen molar-refractivity contribution in [2.45, 2.75) is 0 Å². The molecular weight excluding hydrogens is 442 g/mol. The summed E-state index contributed by atoms with van der Waals surface area (Å²) in [6.45, 7) is 0. The zero-order valence-electron chi connectivity index (χ0n) is 19.3. The van der Waals surface area contributed by atoms with Gasteiger partial charge in [-0.3, -0.25) is 10.2 Å². The summed E-state index contributed by atoms with van der Waals surface area (Å²) in [5, 5.41) is 20.2. The molecule has 0 unspecified atom stereocenters. The number of H-pyrrole nitrogens is 2. The first-order valence-corrected chi connectivity index (χ1v) is 11.9. The van der Waals surface area contributed by atoms with E-state index in [1.807, 2.05) is 30.3 Å². The minimum absolute atomic E-state index is 0.828. The van der Waals surface area contributed by atoms with Gasteiger partial charge in [-0.05, 0) is 57.9 Å². The maximum absolute atomic E-state index is 4.88. The van der Waals surface area contributed by atoms with E-state index in [0.29, 0.717) is 0 Å². The standard InChI is InChI=1S/C31H21N5/c1-3-8-22-16-24(14-12-20(22)6-1)28-18-30(35-33-28)26-10-5-11-27(32-26)31-19-29(34-36-31)25-15-13-21-7-2-4-9-23(21)17-25/h1-19H,(H,33,35)(H,34,36). The minimum atomic E-state index is 0.828. The van der Waals surface area contributed by atoms with Gasteiger partial charge in [0, 0.05) is 11.1 Å². The van der Waals surface area contributed by atoms with Gasteiger partial charge in [-0.25, -0.2) is 4.98 Å². The highest BCUT2D eigenvalue weighted by atomic mass is 15.1. The molecule has 0 aliphatic heterocycles. The highest BCUT2D eigenvalue weighted by Gasteiger charge is 2.11. The summed E-state index contributed by atoms with van der Waals surface area (Å²) >= 11 is 0. The van der Waals surface area contributed by atoms with Gasteiger partial charge in [0.2, 0.25) is 0 Å². The summed E-state index contributed by atoms with van der Waals surface area (Å²) < 4.78 is 0. The van der Waals surface area contributed by atoms with E-state index in [1.165, 1.54) is 21.5 Å². The monoisotopic (exact) mass is 463 g/mol. The lowest BCUT2D eigenvalue weighted by Gasteiger charge is -2.01. The quantitative estimate of drug-likeness (QED) is 0.284. The zero-order valence-corrected chi connectivity index (χ0v) is 19.3. The van der Waals surface area contributed by atoms with Gasteiger partial charge in [0.1, 0.15) is 0 Å². The molecule has 0 spiro atoms. The molecule has 0 amide bonds. The Balaban J connectivity index is 1.19. The molecule has 170 valence electrons. The van der Waals surface area contributed by atoms with Crippen LogP contribution in [0.2, 0.25) is 0 Å². The number of rotatable bonds is 4. The Bertz CT molecular complexity index is 1730. The molecule has 0 aliphatic rings. The van der Waals surface area contributed by atoms with Crippen LogP contribution in [0.25, 0.3) is 66.8 Å². The van der Waals surface area contributed by atoms with E-state index in [9.17, 15) is 0 Å². The van der Waals surface area contributed by atoms with Gasteiger partial charge in [0.15, 0.2) is 0 Å². The third kappa shape index (κ3) is 3.63. The molecule has 36 heavy (non-hydrogen) atoms. The van der Waals surface area contributed by atoms with Gasteiger partial charge in [0.05, 0.1) is 34.2 Å². The molecular formula is C31H21N5. The van der Waals surface area contributed by atoms with Crippen LogP contribution in [0, 0.1) is 0 Å². The SMILES string of the molecule is c1cc(-c2cc(-c3ccc4ccccc4c3)n[nH]2)nc(-c2cc(-c3ccc4ccccc4c3)n[nH]2)c1. The van der Waals surface area contributed by atoms with Crippen molar-refractivity contribution in [1.29, 1.82) is 0 Å². The Morgan fingerprint density at radius 2 is 0.861 bits per heavy atom. The number of nitrogens with zero attached hydrogens (tertiary/aromatic N) is 3. The van der Waals surface area contributed by atoms with Gasteiger partial charge in [-0.2, -0.15) is 10.2 Å². The molecule has 7 aromatic rings. The zero-order chi connectivity index (χ0) is 23.9. The third-order valence-corrected chi connectivity index (χ3v) is 6.55. The Hall–Kier alpha value is -5.03. The van der Waals surface area contributed by atoms with Crippen molar-refractivity contribution < 1.29 is 0 Å². The summed E-state index contributed by atoms with van der Waals surface area (Å²) in [7, 11) is 0. The van der Waals surface area contributed by atoms with Crippen molar-refractivity contribution in [1.82, 2.24) is 25.4 Å². The number of aromatic amines is 2. The molecule has 0 atom stereocenters. The average Bonchev–Trinajstić information content (AvgIpc) is 3.64. The van der Waals surface area contributed by atoms with Gasteiger partial charge < -0.3 is 0 Å². The first-order chi connectivity index (χ1) is 17.8.